The zero-order valence-electron chi connectivity index (χ0n) is 15.5. The van der Waals surface area contributed by atoms with Crippen molar-refractivity contribution in [3.63, 3.8) is 0 Å². The number of para-hydroxylation sites is 1. The van der Waals surface area contributed by atoms with Crippen LogP contribution in [0.4, 0.5) is 17.1 Å². The van der Waals surface area contributed by atoms with Crippen molar-refractivity contribution in [2.45, 2.75) is 32.2 Å². The van der Waals surface area contributed by atoms with Gasteiger partial charge < -0.3 is 15.0 Å². The average Bonchev–Trinajstić information content (AvgIpc) is 2.68. The average molecular weight is 399 g/mol. The van der Waals surface area contributed by atoms with Crippen molar-refractivity contribution in [2.75, 3.05) is 16.8 Å². The number of hydrogen-bond acceptors (Lipinski definition) is 5. The largest absolute Gasteiger partial charge is 0.466 e. The van der Waals surface area contributed by atoms with Crippen LogP contribution in [0.15, 0.2) is 48.5 Å². The first-order valence-electron chi connectivity index (χ1n) is 9.10. The maximum atomic E-state index is 12.4. The first-order chi connectivity index (χ1) is 13.5. The number of rotatable bonds is 7. The fourth-order valence-corrected chi connectivity index (χ4v) is 3.48. The molecule has 1 unspecified atom stereocenters. The van der Waals surface area contributed by atoms with Crippen LogP contribution in [-0.2, 0) is 9.53 Å². The Morgan fingerprint density at radius 2 is 1.96 bits per heavy atom. The van der Waals surface area contributed by atoms with E-state index in [9.17, 15) is 14.9 Å². The van der Waals surface area contributed by atoms with Gasteiger partial charge in [-0.2, -0.15) is 0 Å². The second kappa shape index (κ2) is 8.79. The van der Waals surface area contributed by atoms with Crippen LogP contribution >= 0.6 is 12.2 Å². The highest BCUT2D eigenvalue weighted by atomic mass is 32.1. The molecule has 1 heterocycles. The van der Waals surface area contributed by atoms with Crippen LogP contribution < -0.4 is 10.2 Å². The monoisotopic (exact) mass is 399 g/mol. The Hall–Kier alpha value is -3.00. The molecule has 0 saturated carbocycles. The van der Waals surface area contributed by atoms with E-state index in [0.717, 1.165) is 24.1 Å². The van der Waals surface area contributed by atoms with Crippen molar-refractivity contribution >= 4 is 40.4 Å². The van der Waals surface area contributed by atoms with E-state index in [-0.39, 0.29) is 24.1 Å². The maximum Gasteiger partial charge on any atom is 0.308 e. The quantitative estimate of drug-likeness (QED) is 0.240. The molecule has 0 spiro atoms. The Balaban J connectivity index is 1.92. The van der Waals surface area contributed by atoms with Gasteiger partial charge in [-0.05, 0) is 42.4 Å². The summed E-state index contributed by atoms with van der Waals surface area (Å²) >= 11 is 5.53. The SMILES string of the molecule is CCCCOC(=O)CC1c2ccccc2NC(=S)N1c1ccc([N+](=O)[O-])cc1. The maximum absolute atomic E-state index is 12.4. The molecule has 0 bridgehead atoms. The van der Waals surface area contributed by atoms with E-state index in [4.69, 9.17) is 17.0 Å². The van der Waals surface area contributed by atoms with Crippen LogP contribution in [0, 0.1) is 10.1 Å². The summed E-state index contributed by atoms with van der Waals surface area (Å²) in [5, 5.41) is 14.5. The van der Waals surface area contributed by atoms with E-state index < -0.39 is 4.92 Å². The zero-order valence-corrected chi connectivity index (χ0v) is 16.3. The van der Waals surface area contributed by atoms with Gasteiger partial charge in [0.15, 0.2) is 5.11 Å². The van der Waals surface area contributed by atoms with Crippen LogP contribution in [0.3, 0.4) is 0 Å². The standard InChI is InChI=1S/C20H21N3O4S/c1-2-3-12-27-19(24)13-18-16-6-4-5-7-17(16)21-20(28)22(18)14-8-10-15(11-9-14)23(25)26/h4-11,18H,2-3,12-13H2,1H3,(H,21,28). The smallest absolute Gasteiger partial charge is 0.308 e. The minimum Gasteiger partial charge on any atom is -0.466 e. The number of anilines is 2. The van der Waals surface area contributed by atoms with Crippen molar-refractivity contribution in [3.8, 4) is 0 Å². The third-order valence-corrected chi connectivity index (χ3v) is 4.85. The van der Waals surface area contributed by atoms with Crippen LogP contribution in [0.25, 0.3) is 0 Å². The number of non-ortho nitro benzene ring substituents is 1. The summed E-state index contributed by atoms with van der Waals surface area (Å²) in [4.78, 5) is 24.7. The first kappa shape index (κ1) is 19.8. The minimum atomic E-state index is -0.450. The second-order valence-electron chi connectivity index (χ2n) is 6.45. The lowest BCUT2D eigenvalue weighted by Crippen LogP contribution is -2.43. The Kier molecular flexibility index (Phi) is 6.20. The number of carbonyl (C=O) groups excluding carboxylic acids is 1. The predicted molar refractivity (Wildman–Crippen MR) is 111 cm³/mol. The van der Waals surface area contributed by atoms with Crippen LogP contribution in [0.2, 0.25) is 0 Å². The van der Waals surface area contributed by atoms with Gasteiger partial charge in [-0.25, -0.2) is 0 Å². The van der Waals surface area contributed by atoms with Gasteiger partial charge in [-0.15, -0.1) is 0 Å². The molecule has 0 aromatic heterocycles. The molecule has 28 heavy (non-hydrogen) atoms. The molecule has 0 amide bonds. The molecule has 2 aromatic carbocycles. The van der Waals surface area contributed by atoms with Crippen LogP contribution in [0.1, 0.15) is 37.8 Å². The van der Waals surface area contributed by atoms with E-state index in [0.29, 0.717) is 17.4 Å². The zero-order chi connectivity index (χ0) is 20.1. The predicted octanol–water partition coefficient (Wildman–Crippen LogP) is 4.59. The van der Waals surface area contributed by atoms with Gasteiger partial charge in [-0.1, -0.05) is 31.5 Å². The highest BCUT2D eigenvalue weighted by Gasteiger charge is 2.33. The number of carbonyl (C=O) groups is 1. The lowest BCUT2D eigenvalue weighted by molar-refractivity contribution is -0.384. The topological polar surface area (TPSA) is 84.7 Å². The number of fused-ring (bicyclic) bond motifs is 1. The summed E-state index contributed by atoms with van der Waals surface area (Å²) in [6.07, 6.45) is 1.89. The Morgan fingerprint density at radius 1 is 1.25 bits per heavy atom. The summed E-state index contributed by atoms with van der Waals surface area (Å²) in [6, 6.07) is 13.4. The molecule has 1 N–H and O–H groups in total. The number of ether oxygens (including phenoxy) is 1. The molecule has 0 radical (unpaired) electrons. The van der Waals surface area contributed by atoms with Crippen molar-refractivity contribution in [1.29, 1.82) is 0 Å². The van der Waals surface area contributed by atoms with E-state index in [1.165, 1.54) is 12.1 Å². The number of benzene rings is 2. The number of hydrogen-bond donors (Lipinski definition) is 1. The molecule has 0 aliphatic carbocycles. The molecule has 7 nitrogen and oxygen atoms in total. The van der Waals surface area contributed by atoms with E-state index in [1.54, 1.807) is 12.1 Å². The van der Waals surface area contributed by atoms with Crippen molar-refractivity contribution in [1.82, 2.24) is 0 Å². The molecule has 1 aliphatic heterocycles. The first-order valence-corrected chi connectivity index (χ1v) is 9.51. The summed E-state index contributed by atoms with van der Waals surface area (Å²) in [7, 11) is 0. The number of nitrogens with one attached hydrogen (secondary N) is 1. The summed E-state index contributed by atoms with van der Waals surface area (Å²) < 4.78 is 5.35. The second-order valence-corrected chi connectivity index (χ2v) is 6.84. The van der Waals surface area contributed by atoms with Gasteiger partial charge in [0.05, 0.1) is 24.0 Å². The van der Waals surface area contributed by atoms with Gasteiger partial charge >= 0.3 is 5.97 Å². The van der Waals surface area contributed by atoms with E-state index in [1.807, 2.05) is 36.1 Å². The number of thiocarbonyl (C=S) groups is 1. The molecular weight excluding hydrogens is 378 g/mol. The van der Waals surface area contributed by atoms with Gasteiger partial charge in [0.1, 0.15) is 0 Å². The van der Waals surface area contributed by atoms with Crippen LogP contribution in [0.5, 0.6) is 0 Å². The molecule has 0 fully saturated rings. The van der Waals surface area contributed by atoms with Crippen molar-refractivity contribution in [3.05, 3.63) is 64.2 Å². The fraction of sp³-hybridized carbons (Fsp3) is 0.300. The lowest BCUT2D eigenvalue weighted by Gasteiger charge is -2.39. The number of nitro benzene ring substituents is 1. The Morgan fingerprint density at radius 3 is 2.64 bits per heavy atom. The Bertz CT molecular complexity index is 885. The van der Waals surface area contributed by atoms with Gasteiger partial charge in [-0.3, -0.25) is 14.9 Å². The molecule has 146 valence electrons. The molecule has 2 aromatic rings. The number of nitro groups is 1. The van der Waals surface area contributed by atoms with Crippen molar-refractivity contribution in [2.24, 2.45) is 0 Å². The van der Waals surface area contributed by atoms with E-state index in [2.05, 4.69) is 5.32 Å². The molecule has 1 aliphatic rings. The Labute approximate surface area is 168 Å². The number of esters is 1. The normalized spacial score (nSPS) is 15.5. The molecule has 1 atom stereocenters. The van der Waals surface area contributed by atoms with E-state index >= 15 is 0 Å². The summed E-state index contributed by atoms with van der Waals surface area (Å²) in [5.41, 5.74) is 2.43. The minimum absolute atomic E-state index is 0.00411. The van der Waals surface area contributed by atoms with Crippen molar-refractivity contribution < 1.29 is 14.5 Å². The molecule has 3 rings (SSSR count). The highest BCUT2D eigenvalue weighted by Crippen LogP contribution is 2.38. The summed E-state index contributed by atoms with van der Waals surface area (Å²) in [5.74, 6) is -0.301. The third-order valence-electron chi connectivity index (χ3n) is 4.55. The van der Waals surface area contributed by atoms with Gasteiger partial charge in [0.25, 0.3) is 5.69 Å². The lowest BCUT2D eigenvalue weighted by atomic mass is 9.97. The highest BCUT2D eigenvalue weighted by molar-refractivity contribution is 7.80. The summed E-state index contributed by atoms with van der Waals surface area (Å²) in [6.45, 7) is 2.43. The van der Waals surface area contributed by atoms with Crippen LogP contribution in [-0.4, -0.2) is 22.6 Å². The molecular formula is C20H21N3O4S. The molecule has 8 heteroatoms. The molecule has 0 saturated heterocycles. The van der Waals surface area contributed by atoms with Gasteiger partial charge in [0.2, 0.25) is 0 Å². The third kappa shape index (κ3) is 4.28. The number of unbranched alkanes of at least 4 members (excludes halogenated alkanes) is 1. The van der Waals surface area contributed by atoms with Gasteiger partial charge in [0, 0.05) is 23.5 Å². The fourth-order valence-electron chi connectivity index (χ4n) is 3.14. The number of nitrogens with zero attached hydrogens (tertiary/aromatic N) is 2.